The van der Waals surface area contributed by atoms with Crippen LogP contribution in [0.4, 0.5) is 5.69 Å². The van der Waals surface area contributed by atoms with E-state index < -0.39 is 0 Å². The van der Waals surface area contributed by atoms with Crippen molar-refractivity contribution in [3.05, 3.63) is 24.3 Å². The minimum absolute atomic E-state index is 0.606. The van der Waals surface area contributed by atoms with E-state index in [0.29, 0.717) is 6.04 Å². The van der Waals surface area contributed by atoms with Gasteiger partial charge in [-0.3, -0.25) is 0 Å². The number of nitrogens with one attached hydrogen (secondary N) is 1. The van der Waals surface area contributed by atoms with Crippen LogP contribution in [0.5, 0.6) is 5.75 Å². The quantitative estimate of drug-likeness (QED) is 0.856. The topological polar surface area (TPSA) is 24.5 Å². The van der Waals surface area contributed by atoms with Crippen LogP contribution in [-0.2, 0) is 0 Å². The van der Waals surface area contributed by atoms with E-state index in [1.165, 1.54) is 44.5 Å². The molecule has 1 aromatic carbocycles. The molecule has 3 nitrogen and oxygen atoms in total. The van der Waals surface area contributed by atoms with Crippen LogP contribution in [0, 0.1) is 0 Å². The maximum absolute atomic E-state index is 5.19. The first-order valence-electron chi connectivity index (χ1n) is 7.91. The van der Waals surface area contributed by atoms with Gasteiger partial charge in [-0.2, -0.15) is 0 Å². The molecule has 0 aromatic heterocycles. The van der Waals surface area contributed by atoms with Gasteiger partial charge >= 0.3 is 0 Å². The van der Waals surface area contributed by atoms with Gasteiger partial charge in [0.2, 0.25) is 0 Å². The first-order chi connectivity index (χ1) is 9.76. The molecule has 112 valence electrons. The molecular weight excluding hydrogens is 248 g/mol. The molecule has 0 unspecified atom stereocenters. The lowest BCUT2D eigenvalue weighted by Crippen LogP contribution is -2.44. The second-order valence-corrected chi connectivity index (χ2v) is 5.65. The largest absolute Gasteiger partial charge is 0.497 e. The van der Waals surface area contributed by atoms with Gasteiger partial charge in [-0.05, 0) is 49.9 Å². The van der Waals surface area contributed by atoms with Crippen molar-refractivity contribution in [1.82, 2.24) is 4.90 Å². The number of hydrogen-bond donors (Lipinski definition) is 1. The number of benzene rings is 1. The molecule has 0 aliphatic carbocycles. The molecule has 1 aromatic rings. The predicted octanol–water partition coefficient (Wildman–Crippen LogP) is 3.76. The van der Waals surface area contributed by atoms with Crippen LogP contribution in [0.1, 0.15) is 39.5 Å². The molecule has 1 N–H and O–H groups in total. The van der Waals surface area contributed by atoms with Gasteiger partial charge in [-0.15, -0.1) is 0 Å². The van der Waals surface area contributed by atoms with Crippen LogP contribution < -0.4 is 10.1 Å². The monoisotopic (exact) mass is 276 g/mol. The molecule has 1 fully saturated rings. The zero-order chi connectivity index (χ0) is 14.4. The fourth-order valence-electron chi connectivity index (χ4n) is 3.14. The van der Waals surface area contributed by atoms with E-state index >= 15 is 0 Å². The SMILES string of the molecule is CCC(CC)N1CCC(Nc2ccc(OC)cc2)CC1. The Labute approximate surface area is 123 Å². The third-order valence-corrected chi connectivity index (χ3v) is 4.45. The van der Waals surface area contributed by atoms with Crippen LogP contribution in [0.15, 0.2) is 24.3 Å². The van der Waals surface area contributed by atoms with Gasteiger partial charge in [-0.25, -0.2) is 0 Å². The fraction of sp³-hybridized carbons (Fsp3) is 0.647. The summed E-state index contributed by atoms with van der Waals surface area (Å²) < 4.78 is 5.19. The van der Waals surface area contributed by atoms with E-state index in [2.05, 4.69) is 36.2 Å². The maximum atomic E-state index is 5.19. The Kier molecular flexibility index (Phi) is 5.72. The van der Waals surface area contributed by atoms with Gasteiger partial charge in [0.25, 0.3) is 0 Å². The zero-order valence-corrected chi connectivity index (χ0v) is 13.1. The van der Waals surface area contributed by atoms with Crippen LogP contribution in [0.2, 0.25) is 0 Å². The molecule has 3 heteroatoms. The molecule has 20 heavy (non-hydrogen) atoms. The van der Waals surface area contributed by atoms with Crippen LogP contribution in [0.25, 0.3) is 0 Å². The number of methoxy groups -OCH3 is 1. The summed E-state index contributed by atoms with van der Waals surface area (Å²) in [5.74, 6) is 0.916. The van der Waals surface area contributed by atoms with Gasteiger partial charge < -0.3 is 15.0 Å². The average Bonchev–Trinajstić information content (AvgIpc) is 2.51. The van der Waals surface area contributed by atoms with Gasteiger partial charge in [0, 0.05) is 30.9 Å². The third kappa shape index (κ3) is 3.89. The molecule has 1 heterocycles. The molecule has 0 atom stereocenters. The molecule has 0 amide bonds. The summed E-state index contributed by atoms with van der Waals surface area (Å²) in [5, 5.41) is 3.65. The Bertz CT molecular complexity index is 378. The highest BCUT2D eigenvalue weighted by Crippen LogP contribution is 2.21. The Hall–Kier alpha value is -1.22. The fourth-order valence-corrected chi connectivity index (χ4v) is 3.14. The van der Waals surface area contributed by atoms with Crippen molar-refractivity contribution in [3.8, 4) is 5.75 Å². The summed E-state index contributed by atoms with van der Waals surface area (Å²) in [6.07, 6.45) is 5.02. The van der Waals surface area contributed by atoms with Crippen molar-refractivity contribution in [2.75, 3.05) is 25.5 Å². The molecule has 1 aliphatic rings. The smallest absolute Gasteiger partial charge is 0.119 e. The van der Waals surface area contributed by atoms with Gasteiger partial charge in [0.15, 0.2) is 0 Å². The molecule has 0 radical (unpaired) electrons. The van der Waals surface area contributed by atoms with E-state index in [0.717, 1.165) is 11.8 Å². The van der Waals surface area contributed by atoms with Crippen molar-refractivity contribution in [2.24, 2.45) is 0 Å². The van der Waals surface area contributed by atoms with E-state index in [4.69, 9.17) is 4.74 Å². The summed E-state index contributed by atoms with van der Waals surface area (Å²) in [6, 6.07) is 9.62. The first kappa shape index (κ1) is 15.2. The molecule has 1 aliphatic heterocycles. The second-order valence-electron chi connectivity index (χ2n) is 5.65. The second kappa shape index (κ2) is 7.53. The van der Waals surface area contributed by atoms with Crippen molar-refractivity contribution >= 4 is 5.69 Å². The predicted molar refractivity (Wildman–Crippen MR) is 85.6 cm³/mol. The number of ether oxygens (including phenoxy) is 1. The molecule has 2 rings (SSSR count). The standard InChI is InChI=1S/C17H28N2O/c1-4-16(5-2)19-12-10-15(11-13-19)18-14-6-8-17(20-3)9-7-14/h6-9,15-16,18H,4-5,10-13H2,1-3H3. The van der Waals surface area contributed by atoms with Crippen LogP contribution in [-0.4, -0.2) is 37.2 Å². The summed E-state index contributed by atoms with van der Waals surface area (Å²) >= 11 is 0. The van der Waals surface area contributed by atoms with E-state index in [-0.39, 0.29) is 0 Å². The maximum Gasteiger partial charge on any atom is 0.119 e. The third-order valence-electron chi connectivity index (χ3n) is 4.45. The summed E-state index contributed by atoms with van der Waals surface area (Å²) in [7, 11) is 1.70. The van der Waals surface area contributed by atoms with Crippen LogP contribution in [0.3, 0.4) is 0 Å². The lowest BCUT2D eigenvalue weighted by molar-refractivity contribution is 0.149. The number of nitrogens with zero attached hydrogens (tertiary/aromatic N) is 1. The van der Waals surface area contributed by atoms with Gasteiger partial charge in [0.1, 0.15) is 5.75 Å². The van der Waals surface area contributed by atoms with Crippen LogP contribution >= 0.6 is 0 Å². The van der Waals surface area contributed by atoms with Crippen molar-refractivity contribution in [1.29, 1.82) is 0 Å². The highest BCUT2D eigenvalue weighted by molar-refractivity contribution is 5.47. The molecule has 1 saturated heterocycles. The number of anilines is 1. The Morgan fingerprint density at radius 1 is 1.15 bits per heavy atom. The highest BCUT2D eigenvalue weighted by Gasteiger charge is 2.22. The summed E-state index contributed by atoms with van der Waals surface area (Å²) in [4.78, 5) is 2.66. The first-order valence-corrected chi connectivity index (χ1v) is 7.91. The summed E-state index contributed by atoms with van der Waals surface area (Å²) in [6.45, 7) is 7.05. The molecular formula is C17H28N2O. The molecule has 0 saturated carbocycles. The van der Waals surface area contributed by atoms with E-state index in [1.54, 1.807) is 7.11 Å². The van der Waals surface area contributed by atoms with E-state index in [1.807, 2.05) is 12.1 Å². The average molecular weight is 276 g/mol. The highest BCUT2D eigenvalue weighted by atomic mass is 16.5. The van der Waals surface area contributed by atoms with Crippen molar-refractivity contribution < 1.29 is 4.74 Å². The minimum Gasteiger partial charge on any atom is -0.497 e. The van der Waals surface area contributed by atoms with Gasteiger partial charge in [0.05, 0.1) is 7.11 Å². The number of rotatable bonds is 6. The van der Waals surface area contributed by atoms with E-state index in [9.17, 15) is 0 Å². The minimum atomic E-state index is 0.606. The molecule has 0 spiro atoms. The van der Waals surface area contributed by atoms with Gasteiger partial charge in [-0.1, -0.05) is 13.8 Å². The normalized spacial score (nSPS) is 17.4. The van der Waals surface area contributed by atoms with Crippen molar-refractivity contribution in [2.45, 2.75) is 51.6 Å². The lowest BCUT2D eigenvalue weighted by Gasteiger charge is -2.37. The molecule has 0 bridgehead atoms. The summed E-state index contributed by atoms with van der Waals surface area (Å²) in [5.41, 5.74) is 1.20. The lowest BCUT2D eigenvalue weighted by atomic mass is 10.0. The Balaban J connectivity index is 1.81. The Morgan fingerprint density at radius 2 is 1.75 bits per heavy atom. The number of piperidine rings is 1. The Morgan fingerprint density at radius 3 is 2.25 bits per heavy atom. The number of likely N-dealkylation sites (tertiary alicyclic amines) is 1. The number of hydrogen-bond acceptors (Lipinski definition) is 3. The zero-order valence-electron chi connectivity index (χ0n) is 13.1. The van der Waals surface area contributed by atoms with Crippen molar-refractivity contribution in [3.63, 3.8) is 0 Å².